The van der Waals surface area contributed by atoms with E-state index < -0.39 is 23.8 Å². The lowest BCUT2D eigenvalue weighted by Gasteiger charge is -2.19. The van der Waals surface area contributed by atoms with Crippen molar-refractivity contribution in [1.82, 2.24) is 9.97 Å². The highest BCUT2D eigenvalue weighted by Gasteiger charge is 2.25. The molecule has 0 saturated heterocycles. The number of hydrogen-bond donors (Lipinski definition) is 2. The molecule has 8 heteroatoms. The Morgan fingerprint density at radius 2 is 1.91 bits per heavy atom. The van der Waals surface area contributed by atoms with Crippen molar-refractivity contribution >= 4 is 18.1 Å². The fourth-order valence-electron chi connectivity index (χ4n) is 4.51. The number of aliphatic hydroxyl groups excluding tert-OH is 1. The van der Waals surface area contributed by atoms with Crippen molar-refractivity contribution in [3.05, 3.63) is 58.0 Å². The monoisotopic (exact) mass is 444 g/mol. The van der Waals surface area contributed by atoms with Gasteiger partial charge in [0.25, 0.3) is 6.43 Å². The Morgan fingerprint density at radius 1 is 1.12 bits per heavy atom. The second kappa shape index (κ2) is 9.30. The van der Waals surface area contributed by atoms with E-state index in [0.29, 0.717) is 35.2 Å². The van der Waals surface area contributed by atoms with Gasteiger partial charge >= 0.3 is 0 Å². The summed E-state index contributed by atoms with van der Waals surface area (Å²) in [6.45, 7) is 3.41. The zero-order valence-corrected chi connectivity index (χ0v) is 18.2. The van der Waals surface area contributed by atoms with Crippen LogP contribution < -0.4 is 5.32 Å². The smallest absolute Gasteiger partial charge is 0.266 e. The van der Waals surface area contributed by atoms with Crippen LogP contribution in [0.15, 0.2) is 29.0 Å². The third kappa shape index (κ3) is 4.79. The highest BCUT2D eigenvalue weighted by atomic mass is 19.3. The Hall–Kier alpha value is -2.90. The number of anilines is 1. The van der Waals surface area contributed by atoms with Gasteiger partial charge in [-0.1, -0.05) is 18.2 Å². The van der Waals surface area contributed by atoms with E-state index in [1.54, 1.807) is 26.1 Å². The standard InChI is InChI=1S/C24H27F3N4O/c1-13(18-4-3-5-19(22(18)25)23(26)27)29-24-20-12-28-16-8-6-15(10-16)7-9-17(32)11-21(20)30-14(2)31-24/h3-5,11-13,15-16,23,32H,6-10H2,1-2H3,(H,29,30,31). The number of allylic oxidation sites excluding steroid dienone is 1. The number of aliphatic imine (C=N–C) groups is 1. The van der Waals surface area contributed by atoms with Crippen molar-refractivity contribution in [3.8, 4) is 0 Å². The third-order valence-electron chi connectivity index (χ3n) is 6.24. The molecule has 1 fully saturated rings. The van der Waals surface area contributed by atoms with Crippen LogP contribution in [0.1, 0.15) is 79.7 Å². The minimum absolute atomic E-state index is 0.124. The lowest BCUT2D eigenvalue weighted by molar-refractivity contribution is 0.146. The van der Waals surface area contributed by atoms with E-state index in [0.717, 1.165) is 31.7 Å². The number of nitrogens with one attached hydrogen (secondary N) is 1. The molecule has 2 aromatic rings. The van der Waals surface area contributed by atoms with E-state index in [-0.39, 0.29) is 17.4 Å². The first-order valence-electron chi connectivity index (χ1n) is 11.0. The summed E-state index contributed by atoms with van der Waals surface area (Å²) in [4.78, 5) is 13.7. The van der Waals surface area contributed by atoms with Crippen molar-refractivity contribution in [2.24, 2.45) is 10.9 Å². The zero-order chi connectivity index (χ0) is 22.8. The van der Waals surface area contributed by atoms with Crippen LogP contribution in [0.4, 0.5) is 19.0 Å². The Labute approximate surface area is 185 Å². The molecule has 5 nitrogen and oxygen atoms in total. The zero-order valence-electron chi connectivity index (χ0n) is 18.2. The molecule has 4 rings (SSSR count). The molecule has 1 saturated carbocycles. The van der Waals surface area contributed by atoms with Crippen LogP contribution in [0.25, 0.3) is 6.08 Å². The van der Waals surface area contributed by atoms with Crippen molar-refractivity contribution in [3.63, 3.8) is 0 Å². The largest absolute Gasteiger partial charge is 0.512 e. The molecular weight excluding hydrogens is 417 g/mol. The van der Waals surface area contributed by atoms with Crippen LogP contribution in [0.3, 0.4) is 0 Å². The van der Waals surface area contributed by atoms with Crippen LogP contribution in [-0.4, -0.2) is 27.3 Å². The van der Waals surface area contributed by atoms with Gasteiger partial charge in [-0.2, -0.15) is 0 Å². The molecule has 0 spiro atoms. The number of fused-ring (bicyclic) bond motifs is 3. The van der Waals surface area contributed by atoms with E-state index in [1.165, 1.54) is 12.1 Å². The highest BCUT2D eigenvalue weighted by Crippen LogP contribution is 2.34. The molecule has 32 heavy (non-hydrogen) atoms. The Morgan fingerprint density at radius 3 is 2.69 bits per heavy atom. The predicted molar refractivity (Wildman–Crippen MR) is 119 cm³/mol. The van der Waals surface area contributed by atoms with Crippen molar-refractivity contribution < 1.29 is 18.3 Å². The fourth-order valence-corrected chi connectivity index (χ4v) is 4.51. The molecule has 3 unspecified atom stereocenters. The van der Waals surface area contributed by atoms with E-state index >= 15 is 0 Å². The summed E-state index contributed by atoms with van der Waals surface area (Å²) in [5.74, 6) is 0.754. The van der Waals surface area contributed by atoms with Crippen LogP contribution in [0.2, 0.25) is 0 Å². The first-order chi connectivity index (χ1) is 15.3. The number of halogens is 3. The SMILES string of the molecule is Cc1nc2c(c(NC(C)c3cccc(C(F)F)c3F)n1)C=NC1CCC(CCC(O)=C2)C1. The van der Waals surface area contributed by atoms with Gasteiger partial charge in [0.05, 0.1) is 34.7 Å². The molecule has 170 valence electrons. The molecule has 2 bridgehead atoms. The van der Waals surface area contributed by atoms with Crippen LogP contribution in [0, 0.1) is 18.7 Å². The van der Waals surface area contributed by atoms with Gasteiger partial charge in [-0.05, 0) is 45.4 Å². The number of hydrogen-bond acceptors (Lipinski definition) is 5. The number of rotatable bonds is 4. The Bertz CT molecular complexity index is 1050. The molecular formula is C24H27F3N4O. The van der Waals surface area contributed by atoms with Gasteiger partial charge in [0, 0.05) is 24.3 Å². The second-order valence-electron chi connectivity index (χ2n) is 8.62. The van der Waals surface area contributed by atoms with E-state index in [2.05, 4.69) is 15.3 Å². The lowest BCUT2D eigenvalue weighted by Crippen LogP contribution is -2.15. The maximum absolute atomic E-state index is 14.7. The molecule has 1 aliphatic heterocycles. The van der Waals surface area contributed by atoms with Gasteiger partial charge in [-0.25, -0.2) is 23.1 Å². The van der Waals surface area contributed by atoms with Gasteiger partial charge in [0.15, 0.2) is 0 Å². The number of aliphatic hydroxyl groups is 1. The van der Waals surface area contributed by atoms with Gasteiger partial charge < -0.3 is 10.4 Å². The van der Waals surface area contributed by atoms with Gasteiger partial charge in [0.2, 0.25) is 0 Å². The van der Waals surface area contributed by atoms with Gasteiger partial charge in [-0.3, -0.25) is 4.99 Å². The summed E-state index contributed by atoms with van der Waals surface area (Å²) in [6.07, 6.45) is 5.01. The van der Waals surface area contributed by atoms with Crippen LogP contribution >= 0.6 is 0 Å². The lowest BCUT2D eigenvalue weighted by atomic mass is 10.0. The predicted octanol–water partition coefficient (Wildman–Crippen LogP) is 6.32. The summed E-state index contributed by atoms with van der Waals surface area (Å²) in [5, 5.41) is 13.6. The molecule has 2 N–H and O–H groups in total. The molecule has 0 radical (unpaired) electrons. The summed E-state index contributed by atoms with van der Waals surface area (Å²) in [6, 6.07) is 3.57. The molecule has 0 amide bonds. The maximum Gasteiger partial charge on any atom is 0.266 e. The summed E-state index contributed by atoms with van der Waals surface area (Å²) < 4.78 is 41.0. The van der Waals surface area contributed by atoms with Gasteiger partial charge in [-0.15, -0.1) is 0 Å². The van der Waals surface area contributed by atoms with Crippen molar-refractivity contribution in [2.75, 3.05) is 5.32 Å². The minimum Gasteiger partial charge on any atom is -0.512 e. The fraction of sp³-hybridized carbons (Fsp3) is 0.458. The first-order valence-corrected chi connectivity index (χ1v) is 11.0. The summed E-state index contributed by atoms with van der Waals surface area (Å²) in [5.41, 5.74) is 0.607. The molecule has 1 aromatic heterocycles. The average molecular weight is 445 g/mol. The summed E-state index contributed by atoms with van der Waals surface area (Å²) >= 11 is 0. The second-order valence-corrected chi connectivity index (χ2v) is 8.62. The number of nitrogens with zero attached hydrogens (tertiary/aromatic N) is 3. The number of aryl methyl sites for hydroxylation is 1. The minimum atomic E-state index is -2.89. The van der Waals surface area contributed by atoms with E-state index in [4.69, 9.17) is 4.99 Å². The molecule has 1 aromatic carbocycles. The van der Waals surface area contributed by atoms with E-state index in [1.807, 2.05) is 0 Å². The number of aromatic nitrogens is 2. The normalized spacial score (nSPS) is 21.6. The molecule has 3 atom stereocenters. The Balaban J connectivity index is 1.73. The highest BCUT2D eigenvalue weighted by molar-refractivity contribution is 5.91. The maximum atomic E-state index is 14.7. The van der Waals surface area contributed by atoms with Crippen LogP contribution in [0.5, 0.6) is 0 Å². The summed E-state index contributed by atoms with van der Waals surface area (Å²) in [7, 11) is 0. The first kappa shape index (κ1) is 22.3. The average Bonchev–Trinajstić information content (AvgIpc) is 3.18. The molecule has 2 heterocycles. The van der Waals surface area contributed by atoms with Crippen molar-refractivity contribution in [2.45, 2.75) is 64.5 Å². The van der Waals surface area contributed by atoms with Crippen molar-refractivity contribution in [1.29, 1.82) is 0 Å². The topological polar surface area (TPSA) is 70.4 Å². The molecule has 1 aliphatic carbocycles. The van der Waals surface area contributed by atoms with Gasteiger partial charge in [0.1, 0.15) is 17.5 Å². The Kier molecular flexibility index (Phi) is 6.48. The number of alkyl halides is 2. The molecule has 2 aliphatic rings. The van der Waals surface area contributed by atoms with E-state index in [9.17, 15) is 18.3 Å². The quantitative estimate of drug-likeness (QED) is 0.579. The number of benzene rings is 1. The third-order valence-corrected chi connectivity index (χ3v) is 6.24. The van der Waals surface area contributed by atoms with Crippen LogP contribution in [-0.2, 0) is 0 Å².